The van der Waals surface area contributed by atoms with E-state index in [0.717, 1.165) is 16.5 Å². The molecule has 0 aliphatic carbocycles. The Labute approximate surface area is 194 Å². The SMILES string of the molecule is COc1ccc(C(=O)NCC(O)c2ccc(C)c(-c3csc4c(F)cccc34)n2)cc1OC. The van der Waals surface area contributed by atoms with Crippen molar-refractivity contribution < 1.29 is 23.8 Å². The van der Waals surface area contributed by atoms with Crippen LogP contribution in [-0.4, -0.2) is 36.8 Å². The number of rotatable bonds is 7. The topological polar surface area (TPSA) is 80.7 Å². The molecule has 1 unspecified atom stereocenters. The number of ether oxygens (including phenoxy) is 2. The molecule has 0 spiro atoms. The molecular formula is C25H23FN2O4S. The second kappa shape index (κ2) is 9.56. The number of halogens is 1. The number of carbonyl (C=O) groups is 1. The Kier molecular flexibility index (Phi) is 6.57. The van der Waals surface area contributed by atoms with Crippen molar-refractivity contribution in [1.29, 1.82) is 0 Å². The summed E-state index contributed by atoms with van der Waals surface area (Å²) in [5, 5.41) is 16.1. The molecule has 170 valence electrons. The van der Waals surface area contributed by atoms with Gasteiger partial charge in [0, 0.05) is 28.4 Å². The summed E-state index contributed by atoms with van der Waals surface area (Å²) in [6.45, 7) is 1.89. The smallest absolute Gasteiger partial charge is 0.251 e. The first kappa shape index (κ1) is 22.7. The molecule has 2 aromatic heterocycles. The van der Waals surface area contributed by atoms with Crippen LogP contribution in [0.2, 0.25) is 0 Å². The van der Waals surface area contributed by atoms with Crippen LogP contribution in [0.15, 0.2) is 53.9 Å². The lowest BCUT2D eigenvalue weighted by Crippen LogP contribution is -2.28. The van der Waals surface area contributed by atoms with E-state index in [1.54, 1.807) is 30.3 Å². The van der Waals surface area contributed by atoms with E-state index in [1.807, 2.05) is 24.4 Å². The van der Waals surface area contributed by atoms with Crippen molar-refractivity contribution in [3.05, 3.63) is 76.5 Å². The Hall–Kier alpha value is -3.49. The molecule has 1 amide bonds. The van der Waals surface area contributed by atoms with E-state index in [2.05, 4.69) is 10.3 Å². The summed E-state index contributed by atoms with van der Waals surface area (Å²) in [6, 6.07) is 13.4. The van der Waals surface area contributed by atoms with Gasteiger partial charge in [-0.1, -0.05) is 18.2 Å². The number of nitrogens with one attached hydrogen (secondary N) is 1. The zero-order chi connectivity index (χ0) is 23.5. The van der Waals surface area contributed by atoms with Crippen molar-refractivity contribution in [3.63, 3.8) is 0 Å². The Morgan fingerprint density at radius 3 is 2.70 bits per heavy atom. The van der Waals surface area contributed by atoms with Gasteiger partial charge in [-0.15, -0.1) is 11.3 Å². The largest absolute Gasteiger partial charge is 0.493 e. The number of amides is 1. The lowest BCUT2D eigenvalue weighted by molar-refractivity contribution is 0.0913. The summed E-state index contributed by atoms with van der Waals surface area (Å²) in [5.41, 5.74) is 3.19. The summed E-state index contributed by atoms with van der Waals surface area (Å²) in [6.07, 6.45) is -1.02. The monoisotopic (exact) mass is 466 g/mol. The van der Waals surface area contributed by atoms with Gasteiger partial charge in [0.15, 0.2) is 11.5 Å². The van der Waals surface area contributed by atoms with Crippen molar-refractivity contribution in [2.75, 3.05) is 20.8 Å². The number of pyridine rings is 1. The number of fused-ring (bicyclic) bond motifs is 1. The molecule has 0 saturated carbocycles. The van der Waals surface area contributed by atoms with Gasteiger partial charge in [-0.25, -0.2) is 9.37 Å². The molecule has 4 rings (SSSR count). The fourth-order valence-electron chi connectivity index (χ4n) is 3.58. The molecule has 4 aromatic rings. The number of hydrogen-bond donors (Lipinski definition) is 2. The number of thiophene rings is 1. The van der Waals surface area contributed by atoms with Crippen LogP contribution < -0.4 is 14.8 Å². The zero-order valence-corrected chi connectivity index (χ0v) is 19.2. The number of nitrogens with zero attached hydrogens (tertiary/aromatic N) is 1. The van der Waals surface area contributed by atoms with E-state index >= 15 is 0 Å². The van der Waals surface area contributed by atoms with Crippen molar-refractivity contribution in [2.45, 2.75) is 13.0 Å². The maximum atomic E-state index is 14.1. The van der Waals surface area contributed by atoms with Crippen molar-refractivity contribution >= 4 is 27.3 Å². The summed E-state index contributed by atoms with van der Waals surface area (Å²) < 4.78 is 25.1. The predicted molar refractivity (Wildman–Crippen MR) is 127 cm³/mol. The van der Waals surface area contributed by atoms with Gasteiger partial charge in [0.2, 0.25) is 0 Å². The summed E-state index contributed by atoms with van der Waals surface area (Å²) >= 11 is 1.32. The zero-order valence-electron chi connectivity index (χ0n) is 18.4. The number of methoxy groups -OCH3 is 2. The van der Waals surface area contributed by atoms with Crippen molar-refractivity contribution in [3.8, 4) is 22.8 Å². The number of aromatic nitrogens is 1. The molecule has 0 saturated heterocycles. The lowest BCUT2D eigenvalue weighted by atomic mass is 10.0. The molecule has 0 aliphatic rings. The molecule has 0 fully saturated rings. The molecule has 0 radical (unpaired) electrons. The number of carbonyl (C=O) groups excluding carboxylic acids is 1. The third kappa shape index (κ3) is 4.53. The van der Waals surface area contributed by atoms with Gasteiger partial charge in [-0.05, 0) is 42.8 Å². The fraction of sp³-hybridized carbons (Fsp3) is 0.200. The molecule has 0 aliphatic heterocycles. The first-order chi connectivity index (χ1) is 15.9. The van der Waals surface area contributed by atoms with Crippen molar-refractivity contribution in [2.24, 2.45) is 0 Å². The minimum Gasteiger partial charge on any atom is -0.493 e. The average Bonchev–Trinajstić information content (AvgIpc) is 3.27. The number of hydrogen-bond acceptors (Lipinski definition) is 6. The van der Waals surface area contributed by atoms with Gasteiger partial charge in [-0.3, -0.25) is 4.79 Å². The summed E-state index contributed by atoms with van der Waals surface area (Å²) in [4.78, 5) is 17.2. The Morgan fingerprint density at radius 1 is 1.15 bits per heavy atom. The highest BCUT2D eigenvalue weighted by Crippen LogP contribution is 2.36. The Balaban J connectivity index is 1.53. The van der Waals surface area contributed by atoms with Crippen molar-refractivity contribution in [1.82, 2.24) is 10.3 Å². The van der Waals surface area contributed by atoms with E-state index in [9.17, 15) is 14.3 Å². The number of aliphatic hydroxyl groups excluding tert-OH is 1. The van der Waals surface area contributed by atoms with Gasteiger partial charge in [0.25, 0.3) is 5.91 Å². The summed E-state index contributed by atoms with van der Waals surface area (Å²) in [7, 11) is 3.02. The lowest BCUT2D eigenvalue weighted by Gasteiger charge is -2.15. The highest BCUT2D eigenvalue weighted by Gasteiger charge is 2.18. The quantitative estimate of drug-likeness (QED) is 0.405. The van der Waals surface area contributed by atoms with Gasteiger partial charge in [0.1, 0.15) is 11.9 Å². The van der Waals surface area contributed by atoms with Crippen LogP contribution in [-0.2, 0) is 0 Å². The third-order valence-corrected chi connectivity index (χ3v) is 6.37. The molecule has 33 heavy (non-hydrogen) atoms. The van der Waals surface area contributed by atoms with Crippen LogP contribution >= 0.6 is 11.3 Å². The molecule has 1 atom stereocenters. The fourth-order valence-corrected chi connectivity index (χ4v) is 4.54. The van der Waals surface area contributed by atoms with Crippen LogP contribution in [0, 0.1) is 12.7 Å². The second-order valence-corrected chi connectivity index (χ2v) is 8.34. The summed E-state index contributed by atoms with van der Waals surface area (Å²) in [5.74, 6) is 0.332. The molecule has 2 aromatic carbocycles. The molecule has 6 nitrogen and oxygen atoms in total. The van der Waals surface area contributed by atoms with Gasteiger partial charge in [-0.2, -0.15) is 0 Å². The van der Waals surface area contributed by atoms with Gasteiger partial charge < -0.3 is 19.9 Å². The van der Waals surface area contributed by atoms with Gasteiger partial charge in [0.05, 0.1) is 30.3 Å². The molecule has 8 heteroatoms. The minimum atomic E-state index is -1.02. The van der Waals surface area contributed by atoms with Crippen LogP contribution in [0.3, 0.4) is 0 Å². The van der Waals surface area contributed by atoms with E-state index in [4.69, 9.17) is 9.47 Å². The van der Waals surface area contributed by atoms with E-state index < -0.39 is 6.10 Å². The molecule has 2 N–H and O–H groups in total. The third-order valence-electron chi connectivity index (χ3n) is 5.37. The number of aliphatic hydroxyl groups is 1. The van der Waals surface area contributed by atoms with E-state index in [-0.39, 0.29) is 18.3 Å². The standard InChI is InChI=1S/C25H23FN2O4S/c1-14-7-9-19(28-23(14)17-13-33-24-16(17)5-4-6-18(24)26)20(29)12-27-25(30)15-8-10-21(31-2)22(11-15)32-3/h4-11,13,20,29H,12H2,1-3H3,(H,27,30). The highest BCUT2D eigenvalue weighted by atomic mass is 32.1. The van der Waals surface area contributed by atoms with Gasteiger partial charge >= 0.3 is 0 Å². The maximum absolute atomic E-state index is 14.1. The second-order valence-electron chi connectivity index (χ2n) is 7.46. The highest BCUT2D eigenvalue weighted by molar-refractivity contribution is 7.17. The van der Waals surface area contributed by atoms with Crippen LogP contribution in [0.1, 0.15) is 27.7 Å². The van der Waals surface area contributed by atoms with Crippen LogP contribution in [0.4, 0.5) is 4.39 Å². The Bertz CT molecular complexity index is 1320. The average molecular weight is 467 g/mol. The van der Waals surface area contributed by atoms with E-state index in [1.165, 1.54) is 31.6 Å². The van der Waals surface area contributed by atoms with Crippen LogP contribution in [0.25, 0.3) is 21.3 Å². The van der Waals surface area contributed by atoms with E-state index in [0.29, 0.717) is 33.2 Å². The first-order valence-electron chi connectivity index (χ1n) is 10.2. The predicted octanol–water partition coefficient (Wildman–Crippen LogP) is 4.89. The maximum Gasteiger partial charge on any atom is 0.251 e. The normalized spacial score (nSPS) is 11.9. The Morgan fingerprint density at radius 2 is 1.94 bits per heavy atom. The molecule has 2 heterocycles. The molecule has 0 bridgehead atoms. The number of benzene rings is 2. The minimum absolute atomic E-state index is 0.0261. The molecular weight excluding hydrogens is 443 g/mol. The first-order valence-corrected chi connectivity index (χ1v) is 11.1. The number of aryl methyl sites for hydroxylation is 1. The van der Waals surface area contributed by atoms with Crippen LogP contribution in [0.5, 0.6) is 11.5 Å².